The summed E-state index contributed by atoms with van der Waals surface area (Å²) < 4.78 is 26.4. The Morgan fingerprint density at radius 3 is 2.12 bits per heavy atom. The first kappa shape index (κ1) is 17.8. The van der Waals surface area contributed by atoms with E-state index in [1.54, 1.807) is 12.1 Å². The molecule has 3 N–H and O–H groups in total. The summed E-state index contributed by atoms with van der Waals surface area (Å²) in [5.41, 5.74) is 6.75. The topological polar surface area (TPSA) is 75.4 Å². The second kappa shape index (κ2) is 7.51. The quantitative estimate of drug-likeness (QED) is 0.881. The molecule has 0 bridgehead atoms. The van der Waals surface area contributed by atoms with E-state index in [4.69, 9.17) is 5.73 Å². The lowest BCUT2D eigenvalue weighted by molar-refractivity contribution is -0.122. The summed E-state index contributed by atoms with van der Waals surface area (Å²) in [7, 11) is 0. The number of nitrogens with two attached hydrogens (primary N) is 1. The molecule has 1 aliphatic rings. The largest absolute Gasteiger partial charge is 0.371 e. The van der Waals surface area contributed by atoms with Crippen molar-refractivity contribution in [2.45, 2.75) is 12.8 Å². The average molecular weight is 359 g/mol. The number of hydrogen-bond donors (Lipinski definition) is 2. The molecule has 5 nitrogen and oxygen atoms in total. The lowest BCUT2D eigenvalue weighted by Gasteiger charge is -2.32. The minimum atomic E-state index is -0.801. The standard InChI is InChI=1S/C19H19F2N3O2/c20-14-9-13(10-15(21)11-14)19(26)23-16-1-3-17(4-2-16)24-7-5-12(6-8-24)18(22)25/h1-4,9-12H,5-8H2,(H2,22,25)(H,23,26). The van der Waals surface area contributed by atoms with Gasteiger partial charge in [-0.1, -0.05) is 0 Å². The Hall–Kier alpha value is -2.96. The van der Waals surface area contributed by atoms with Crippen LogP contribution in [-0.4, -0.2) is 24.9 Å². The summed E-state index contributed by atoms with van der Waals surface area (Å²) in [5, 5.41) is 2.61. The minimum Gasteiger partial charge on any atom is -0.371 e. The Morgan fingerprint density at radius 2 is 1.58 bits per heavy atom. The molecule has 2 aromatic carbocycles. The number of piperidine rings is 1. The maximum absolute atomic E-state index is 13.2. The van der Waals surface area contributed by atoms with Crippen LogP contribution in [0.25, 0.3) is 0 Å². The third kappa shape index (κ3) is 4.17. The van der Waals surface area contributed by atoms with E-state index in [0.29, 0.717) is 11.8 Å². The normalized spacial score (nSPS) is 14.9. The predicted octanol–water partition coefficient (Wildman–Crippen LogP) is 2.92. The van der Waals surface area contributed by atoms with Gasteiger partial charge in [-0.15, -0.1) is 0 Å². The van der Waals surface area contributed by atoms with Gasteiger partial charge in [0.25, 0.3) is 5.91 Å². The van der Waals surface area contributed by atoms with Gasteiger partial charge >= 0.3 is 0 Å². The number of rotatable bonds is 4. The zero-order valence-corrected chi connectivity index (χ0v) is 14.0. The van der Waals surface area contributed by atoms with Crippen molar-refractivity contribution in [3.05, 3.63) is 59.7 Å². The van der Waals surface area contributed by atoms with Gasteiger partial charge in [-0.05, 0) is 49.2 Å². The molecule has 7 heteroatoms. The van der Waals surface area contributed by atoms with Gasteiger partial charge in [-0.2, -0.15) is 0 Å². The van der Waals surface area contributed by atoms with Crippen molar-refractivity contribution in [3.8, 4) is 0 Å². The molecular weight excluding hydrogens is 340 g/mol. The molecular formula is C19H19F2N3O2. The van der Waals surface area contributed by atoms with E-state index in [9.17, 15) is 18.4 Å². The van der Waals surface area contributed by atoms with Crippen molar-refractivity contribution >= 4 is 23.2 Å². The first-order valence-electron chi connectivity index (χ1n) is 8.34. The maximum Gasteiger partial charge on any atom is 0.255 e. The average Bonchev–Trinajstić information content (AvgIpc) is 2.61. The molecule has 0 spiro atoms. The number of carbonyl (C=O) groups excluding carboxylic acids is 2. The molecule has 0 saturated carbocycles. The van der Waals surface area contributed by atoms with E-state index in [1.165, 1.54) is 0 Å². The summed E-state index contributed by atoms with van der Waals surface area (Å²) in [6.45, 7) is 1.48. The van der Waals surface area contributed by atoms with Gasteiger partial charge in [-0.25, -0.2) is 8.78 Å². The minimum absolute atomic E-state index is 0.0727. The fraction of sp³-hybridized carbons (Fsp3) is 0.263. The van der Waals surface area contributed by atoms with Crippen LogP contribution in [0.3, 0.4) is 0 Å². The third-order valence-corrected chi connectivity index (χ3v) is 4.51. The second-order valence-electron chi connectivity index (χ2n) is 6.32. The van der Waals surface area contributed by atoms with Crippen LogP contribution in [0, 0.1) is 17.6 Å². The number of hydrogen-bond acceptors (Lipinski definition) is 3. The van der Waals surface area contributed by atoms with Gasteiger partial charge in [0.1, 0.15) is 11.6 Å². The molecule has 0 aliphatic carbocycles. The van der Waals surface area contributed by atoms with Crippen molar-refractivity contribution in [1.29, 1.82) is 0 Å². The first-order chi connectivity index (χ1) is 12.4. The van der Waals surface area contributed by atoms with E-state index in [2.05, 4.69) is 10.2 Å². The van der Waals surface area contributed by atoms with E-state index in [-0.39, 0.29) is 17.4 Å². The molecule has 0 unspecified atom stereocenters. The highest BCUT2D eigenvalue weighted by Gasteiger charge is 2.23. The molecule has 0 radical (unpaired) electrons. The van der Waals surface area contributed by atoms with Crippen LogP contribution in [0.1, 0.15) is 23.2 Å². The van der Waals surface area contributed by atoms with E-state index >= 15 is 0 Å². The lowest BCUT2D eigenvalue weighted by Crippen LogP contribution is -2.38. The zero-order chi connectivity index (χ0) is 18.7. The van der Waals surface area contributed by atoms with Crippen molar-refractivity contribution in [1.82, 2.24) is 0 Å². The highest BCUT2D eigenvalue weighted by Crippen LogP contribution is 2.24. The fourth-order valence-corrected chi connectivity index (χ4v) is 3.07. The SMILES string of the molecule is NC(=O)C1CCN(c2ccc(NC(=O)c3cc(F)cc(F)c3)cc2)CC1. The van der Waals surface area contributed by atoms with Crippen molar-refractivity contribution in [2.24, 2.45) is 11.7 Å². The van der Waals surface area contributed by atoms with E-state index in [0.717, 1.165) is 43.8 Å². The monoisotopic (exact) mass is 359 g/mol. The number of benzene rings is 2. The zero-order valence-electron chi connectivity index (χ0n) is 14.0. The predicted molar refractivity (Wildman–Crippen MR) is 94.9 cm³/mol. The molecule has 1 saturated heterocycles. The molecule has 136 valence electrons. The van der Waals surface area contributed by atoms with Crippen molar-refractivity contribution in [3.63, 3.8) is 0 Å². The molecule has 26 heavy (non-hydrogen) atoms. The maximum atomic E-state index is 13.2. The number of carbonyl (C=O) groups is 2. The number of nitrogens with one attached hydrogen (secondary N) is 1. The Morgan fingerprint density at radius 1 is 1.00 bits per heavy atom. The smallest absolute Gasteiger partial charge is 0.255 e. The molecule has 3 rings (SSSR count). The highest BCUT2D eigenvalue weighted by molar-refractivity contribution is 6.04. The molecule has 0 aromatic heterocycles. The number of nitrogens with zero attached hydrogens (tertiary/aromatic N) is 1. The summed E-state index contributed by atoms with van der Waals surface area (Å²) in [5.74, 6) is -2.51. The fourth-order valence-electron chi connectivity index (χ4n) is 3.07. The van der Waals surface area contributed by atoms with Crippen LogP contribution in [0.15, 0.2) is 42.5 Å². The Bertz CT molecular complexity index is 796. The van der Waals surface area contributed by atoms with Crippen molar-refractivity contribution in [2.75, 3.05) is 23.3 Å². The summed E-state index contributed by atoms with van der Waals surface area (Å²) in [4.78, 5) is 25.5. The number of halogens is 2. The van der Waals surface area contributed by atoms with Gasteiger partial charge in [-0.3, -0.25) is 9.59 Å². The van der Waals surface area contributed by atoms with Gasteiger partial charge < -0.3 is 16.0 Å². The van der Waals surface area contributed by atoms with Crippen LogP contribution in [0.4, 0.5) is 20.2 Å². The van der Waals surface area contributed by atoms with E-state index < -0.39 is 17.5 Å². The number of amides is 2. The van der Waals surface area contributed by atoms with Gasteiger partial charge in [0.15, 0.2) is 0 Å². The highest BCUT2D eigenvalue weighted by atomic mass is 19.1. The van der Waals surface area contributed by atoms with Crippen LogP contribution in [0.2, 0.25) is 0 Å². The second-order valence-corrected chi connectivity index (χ2v) is 6.32. The molecule has 1 aliphatic heterocycles. The van der Waals surface area contributed by atoms with Crippen LogP contribution >= 0.6 is 0 Å². The van der Waals surface area contributed by atoms with Gasteiger partial charge in [0, 0.05) is 42.0 Å². The van der Waals surface area contributed by atoms with E-state index in [1.807, 2.05) is 12.1 Å². The summed E-state index contributed by atoms with van der Waals surface area (Å²) in [6.07, 6.45) is 1.44. The number of anilines is 2. The van der Waals surface area contributed by atoms with Crippen LogP contribution in [0.5, 0.6) is 0 Å². The van der Waals surface area contributed by atoms with Crippen LogP contribution in [-0.2, 0) is 4.79 Å². The Balaban J connectivity index is 1.63. The van der Waals surface area contributed by atoms with Crippen LogP contribution < -0.4 is 16.0 Å². The first-order valence-corrected chi connectivity index (χ1v) is 8.34. The Kier molecular flexibility index (Phi) is 5.16. The Labute approximate surface area is 149 Å². The van der Waals surface area contributed by atoms with Crippen molar-refractivity contribution < 1.29 is 18.4 Å². The molecule has 1 fully saturated rings. The van der Waals surface area contributed by atoms with Gasteiger partial charge in [0.05, 0.1) is 0 Å². The van der Waals surface area contributed by atoms with Gasteiger partial charge in [0.2, 0.25) is 5.91 Å². The lowest BCUT2D eigenvalue weighted by atomic mass is 9.96. The summed E-state index contributed by atoms with van der Waals surface area (Å²) in [6, 6.07) is 9.84. The summed E-state index contributed by atoms with van der Waals surface area (Å²) >= 11 is 0. The molecule has 2 amide bonds. The molecule has 1 heterocycles. The number of primary amides is 1. The molecule has 0 atom stereocenters. The molecule has 2 aromatic rings. The third-order valence-electron chi connectivity index (χ3n) is 4.51.